The van der Waals surface area contributed by atoms with Crippen LogP contribution in [0.2, 0.25) is 5.02 Å². The van der Waals surface area contributed by atoms with Crippen LogP contribution in [0, 0.1) is 5.41 Å². The second-order valence-electron chi connectivity index (χ2n) is 6.60. The lowest BCUT2D eigenvalue weighted by Gasteiger charge is -2.25. The minimum Gasteiger partial charge on any atom is -0.496 e. The van der Waals surface area contributed by atoms with Crippen LogP contribution in [0.15, 0.2) is 23.2 Å². The van der Waals surface area contributed by atoms with E-state index in [1.807, 2.05) is 18.2 Å². The number of ether oxygens (including phenoxy) is 2. The number of nitrogens with one attached hydrogen (secondary N) is 1. The Balaban J connectivity index is 0.00000225. The fraction of sp³-hybridized carbons (Fsp3) is 0.611. The van der Waals surface area contributed by atoms with E-state index in [0.717, 1.165) is 56.5 Å². The number of likely N-dealkylation sites (tertiary alicyclic amines) is 1. The fourth-order valence-corrected chi connectivity index (χ4v) is 3.68. The average molecular weight is 480 g/mol. The molecule has 25 heavy (non-hydrogen) atoms. The van der Waals surface area contributed by atoms with Crippen LogP contribution in [0.25, 0.3) is 0 Å². The first-order valence-corrected chi connectivity index (χ1v) is 8.97. The molecule has 1 N–H and O–H groups in total. The summed E-state index contributed by atoms with van der Waals surface area (Å²) >= 11 is 6.03. The van der Waals surface area contributed by atoms with Gasteiger partial charge in [-0.1, -0.05) is 17.7 Å². The summed E-state index contributed by atoms with van der Waals surface area (Å²) in [5.41, 5.74) is 1.36. The van der Waals surface area contributed by atoms with E-state index in [2.05, 4.69) is 17.1 Å². The van der Waals surface area contributed by atoms with E-state index < -0.39 is 0 Å². The van der Waals surface area contributed by atoms with Crippen LogP contribution in [-0.4, -0.2) is 50.8 Å². The van der Waals surface area contributed by atoms with Gasteiger partial charge in [0.15, 0.2) is 5.96 Å². The Kier molecular flexibility index (Phi) is 7.64. The first-order valence-electron chi connectivity index (χ1n) is 8.59. The number of hydrogen-bond acceptors (Lipinski definition) is 3. The van der Waals surface area contributed by atoms with Gasteiger partial charge in [0.05, 0.1) is 20.3 Å². The predicted molar refractivity (Wildman–Crippen MR) is 112 cm³/mol. The van der Waals surface area contributed by atoms with Gasteiger partial charge in [0.1, 0.15) is 5.75 Å². The Morgan fingerprint density at radius 3 is 2.96 bits per heavy atom. The molecule has 1 unspecified atom stereocenters. The highest BCUT2D eigenvalue weighted by atomic mass is 127. The zero-order valence-electron chi connectivity index (χ0n) is 14.9. The first kappa shape index (κ1) is 20.6. The number of methoxy groups -OCH3 is 1. The minimum absolute atomic E-state index is 0. The Labute approximate surface area is 172 Å². The Bertz CT molecular complexity index is 606. The fourth-order valence-electron chi connectivity index (χ4n) is 3.52. The molecule has 1 atom stereocenters. The molecule has 2 saturated heterocycles. The highest BCUT2D eigenvalue weighted by molar-refractivity contribution is 14.0. The lowest BCUT2D eigenvalue weighted by Crippen LogP contribution is -2.41. The number of halogens is 2. The number of hydrogen-bond donors (Lipinski definition) is 1. The van der Waals surface area contributed by atoms with Gasteiger partial charge >= 0.3 is 0 Å². The van der Waals surface area contributed by atoms with Crippen LogP contribution in [-0.2, 0) is 11.3 Å². The number of benzene rings is 1. The van der Waals surface area contributed by atoms with E-state index in [1.165, 1.54) is 6.42 Å². The van der Waals surface area contributed by atoms with Crippen LogP contribution < -0.4 is 10.1 Å². The molecule has 0 amide bonds. The summed E-state index contributed by atoms with van der Waals surface area (Å²) in [6.07, 6.45) is 2.34. The predicted octanol–water partition coefficient (Wildman–Crippen LogP) is 3.54. The molecule has 2 aliphatic heterocycles. The molecule has 2 aliphatic rings. The zero-order chi connectivity index (χ0) is 17.0. The molecule has 0 bridgehead atoms. The summed E-state index contributed by atoms with van der Waals surface area (Å²) in [6, 6.07) is 5.69. The summed E-state index contributed by atoms with van der Waals surface area (Å²) in [4.78, 5) is 7.19. The summed E-state index contributed by atoms with van der Waals surface area (Å²) < 4.78 is 11.0. The van der Waals surface area contributed by atoms with E-state index in [4.69, 9.17) is 26.1 Å². The Hall–Kier alpha value is -0.730. The maximum Gasteiger partial charge on any atom is 0.194 e. The van der Waals surface area contributed by atoms with Crippen molar-refractivity contribution in [2.75, 3.05) is 40.0 Å². The molecule has 2 heterocycles. The highest BCUT2D eigenvalue weighted by Crippen LogP contribution is 2.38. The second-order valence-corrected chi connectivity index (χ2v) is 7.04. The number of guanidine groups is 1. The zero-order valence-corrected chi connectivity index (χ0v) is 18.0. The maximum atomic E-state index is 6.03. The third-order valence-corrected chi connectivity index (χ3v) is 5.14. The molecule has 140 valence electrons. The average Bonchev–Trinajstić information content (AvgIpc) is 3.22. The lowest BCUT2D eigenvalue weighted by molar-refractivity contribution is 0.156. The molecule has 1 aromatic carbocycles. The van der Waals surface area contributed by atoms with Gasteiger partial charge < -0.3 is 19.7 Å². The number of rotatable bonds is 4. The van der Waals surface area contributed by atoms with E-state index in [0.29, 0.717) is 17.0 Å². The smallest absolute Gasteiger partial charge is 0.194 e. The molecule has 0 aromatic heterocycles. The van der Waals surface area contributed by atoms with E-state index in [-0.39, 0.29) is 24.0 Å². The summed E-state index contributed by atoms with van der Waals surface area (Å²) in [7, 11) is 1.66. The molecule has 3 rings (SSSR count). The highest BCUT2D eigenvalue weighted by Gasteiger charge is 2.42. The van der Waals surface area contributed by atoms with Crippen LogP contribution in [0.5, 0.6) is 5.75 Å². The van der Waals surface area contributed by atoms with Gasteiger partial charge in [0, 0.05) is 42.2 Å². The molecule has 5 nitrogen and oxygen atoms in total. The van der Waals surface area contributed by atoms with Crippen molar-refractivity contribution in [2.24, 2.45) is 10.4 Å². The summed E-state index contributed by atoms with van der Waals surface area (Å²) in [5, 5.41) is 4.09. The summed E-state index contributed by atoms with van der Waals surface area (Å²) in [6.45, 7) is 7.36. The van der Waals surface area contributed by atoms with Gasteiger partial charge in [-0.25, -0.2) is 4.99 Å². The van der Waals surface area contributed by atoms with Crippen molar-refractivity contribution in [3.8, 4) is 5.75 Å². The summed E-state index contributed by atoms with van der Waals surface area (Å²) in [5.74, 6) is 1.75. The molecule has 0 saturated carbocycles. The van der Waals surface area contributed by atoms with Gasteiger partial charge in [-0.15, -0.1) is 24.0 Å². The van der Waals surface area contributed by atoms with Crippen LogP contribution in [0.3, 0.4) is 0 Å². The molecular formula is C18H27ClIN3O2. The van der Waals surface area contributed by atoms with Gasteiger partial charge in [-0.3, -0.25) is 0 Å². The van der Waals surface area contributed by atoms with Crippen LogP contribution >= 0.6 is 35.6 Å². The molecular weight excluding hydrogens is 453 g/mol. The molecule has 7 heteroatoms. The van der Waals surface area contributed by atoms with Crippen molar-refractivity contribution in [3.63, 3.8) is 0 Å². The quantitative estimate of drug-likeness (QED) is 0.408. The van der Waals surface area contributed by atoms with Gasteiger partial charge in [0.2, 0.25) is 0 Å². The maximum absolute atomic E-state index is 6.03. The van der Waals surface area contributed by atoms with E-state index >= 15 is 0 Å². The van der Waals surface area contributed by atoms with Crippen molar-refractivity contribution >= 4 is 41.5 Å². The molecule has 0 aliphatic carbocycles. The van der Waals surface area contributed by atoms with Crippen molar-refractivity contribution in [3.05, 3.63) is 28.8 Å². The third-order valence-electron chi connectivity index (χ3n) is 4.91. The van der Waals surface area contributed by atoms with Crippen molar-refractivity contribution in [1.29, 1.82) is 0 Å². The number of aliphatic imine (C=N–C) groups is 1. The topological polar surface area (TPSA) is 46.1 Å². The Morgan fingerprint density at radius 1 is 1.44 bits per heavy atom. The molecule has 1 aromatic rings. The lowest BCUT2D eigenvalue weighted by atomic mass is 9.87. The normalized spacial score (nSPS) is 23.0. The van der Waals surface area contributed by atoms with Crippen molar-refractivity contribution < 1.29 is 9.47 Å². The molecule has 0 radical (unpaired) electrons. The number of nitrogens with zero attached hydrogens (tertiary/aromatic N) is 2. The van der Waals surface area contributed by atoms with Gasteiger partial charge in [-0.2, -0.15) is 0 Å². The van der Waals surface area contributed by atoms with Crippen LogP contribution in [0.1, 0.15) is 25.3 Å². The molecule has 1 spiro atoms. The van der Waals surface area contributed by atoms with Crippen LogP contribution in [0.4, 0.5) is 0 Å². The monoisotopic (exact) mass is 479 g/mol. The first-order chi connectivity index (χ1) is 11.7. The largest absolute Gasteiger partial charge is 0.496 e. The van der Waals surface area contributed by atoms with E-state index in [1.54, 1.807) is 7.11 Å². The van der Waals surface area contributed by atoms with Gasteiger partial charge in [-0.05, 0) is 31.9 Å². The van der Waals surface area contributed by atoms with Gasteiger partial charge in [0.25, 0.3) is 0 Å². The van der Waals surface area contributed by atoms with Crippen molar-refractivity contribution in [1.82, 2.24) is 10.2 Å². The van der Waals surface area contributed by atoms with E-state index in [9.17, 15) is 0 Å². The second kappa shape index (κ2) is 9.28. The third kappa shape index (κ3) is 4.92. The molecule has 2 fully saturated rings. The SMILES string of the molecule is CCNC(=NCc1ccc(Cl)cc1OC)N1CCC2(CCOC2)C1.I. The standard InChI is InChI=1S/C18H26ClN3O2.HI/c1-3-20-17(22-8-6-18(12-22)7-9-24-13-18)21-11-14-4-5-15(19)10-16(14)23-2;/h4-5,10H,3,6-9,11-13H2,1-2H3,(H,20,21);1H. The van der Waals surface area contributed by atoms with Crippen molar-refractivity contribution in [2.45, 2.75) is 26.3 Å². The minimum atomic E-state index is 0. The Morgan fingerprint density at radius 2 is 2.28 bits per heavy atom.